The van der Waals surface area contributed by atoms with Crippen LogP contribution in [0.15, 0.2) is 0 Å². The van der Waals surface area contributed by atoms with Crippen molar-refractivity contribution in [3.05, 3.63) is 10.1 Å². The second-order valence-corrected chi connectivity index (χ2v) is 1.62. The quantitative estimate of drug-likeness (QED) is 0.109. The van der Waals surface area contributed by atoms with Gasteiger partial charge in [0.25, 0.3) is 5.09 Å². The molecule has 0 aromatic heterocycles. The van der Waals surface area contributed by atoms with Gasteiger partial charge >= 0.3 is 67.0 Å². The third-order valence-electron chi connectivity index (χ3n) is 0. The van der Waals surface area contributed by atoms with E-state index in [4.69, 9.17) is 75.6 Å². The summed E-state index contributed by atoms with van der Waals surface area (Å²) < 4.78 is 0. The molecule has 0 fully saturated rings. The molecule has 0 heterocycles. The van der Waals surface area contributed by atoms with Crippen molar-refractivity contribution in [3.8, 4) is 0 Å². The fraction of sp³-hybridized carbons (Fsp3) is 0. The zero-order valence-electron chi connectivity index (χ0n) is 9.39. The molecule has 21 heavy (non-hydrogen) atoms. The van der Waals surface area contributed by atoms with Crippen molar-refractivity contribution in [2.45, 2.75) is 0 Å². The molecule has 0 aliphatic carbocycles. The van der Waals surface area contributed by atoms with Crippen molar-refractivity contribution in [1.82, 2.24) is 0 Å². The second kappa shape index (κ2) is 32.3. The summed E-state index contributed by atoms with van der Waals surface area (Å²) in [5, 5.41) is 99.6. The average Bonchev–Trinajstić information content (AvgIpc) is 1.94. The predicted octanol–water partition coefficient (Wildman–Crippen LogP) is -9.47. The Morgan fingerprint density at radius 1 is 0.571 bits per heavy atom. The van der Waals surface area contributed by atoms with E-state index < -0.39 is 34.4 Å². The van der Waals surface area contributed by atoms with Gasteiger partial charge in [0.2, 0.25) is 0 Å². The Labute approximate surface area is 147 Å². The van der Waals surface area contributed by atoms with Crippen LogP contribution >= 0.6 is 0 Å². The van der Waals surface area contributed by atoms with E-state index in [-0.39, 0.29) is 37.7 Å². The Hall–Kier alpha value is 0.239. The van der Waals surface area contributed by atoms with Crippen LogP contribution in [0, 0.1) is 10.1 Å². The molecule has 13 N–H and O–H groups in total. The molecule has 0 aliphatic heterocycles. The molecular formula is H15B4CaNO15. The Bertz CT molecular complexity index is 125. The third-order valence-corrected chi connectivity index (χ3v) is 0. The number of hydrogen-bond donors (Lipinski definition) is 13. The van der Waals surface area contributed by atoms with E-state index >= 15 is 0 Å². The SMILES string of the molecule is O=[N+]([O-])O.OB(O)O.OB(O)O.OB(O)O.OB(O)O.[CaH2]. The molecule has 0 aromatic rings. The van der Waals surface area contributed by atoms with Crippen molar-refractivity contribution < 1.29 is 70.6 Å². The van der Waals surface area contributed by atoms with E-state index in [1.807, 2.05) is 0 Å². The van der Waals surface area contributed by atoms with Crippen LogP contribution in [0.5, 0.6) is 0 Å². The third kappa shape index (κ3) is 117000. The maximum absolute atomic E-state index is 8.36. The molecule has 0 spiro atoms. The summed E-state index contributed by atoms with van der Waals surface area (Å²) in [4.78, 5) is 8.36. The summed E-state index contributed by atoms with van der Waals surface area (Å²) in [5.41, 5.74) is 0. The average molecular weight is 352 g/mol. The molecule has 0 saturated heterocycles. The van der Waals surface area contributed by atoms with Gasteiger partial charge in [0.1, 0.15) is 0 Å². The van der Waals surface area contributed by atoms with E-state index in [1.54, 1.807) is 0 Å². The number of hydrogen-bond acceptors (Lipinski definition) is 14. The minimum atomic E-state index is -2.17. The van der Waals surface area contributed by atoms with Gasteiger partial charge in [0, 0.05) is 0 Å². The van der Waals surface area contributed by atoms with Crippen LogP contribution in [-0.2, 0) is 0 Å². The fourth-order valence-corrected chi connectivity index (χ4v) is 0. The van der Waals surface area contributed by atoms with Gasteiger partial charge in [-0.05, 0) is 0 Å². The molecule has 124 valence electrons. The van der Waals surface area contributed by atoms with Gasteiger partial charge in [-0.15, -0.1) is 10.1 Å². The van der Waals surface area contributed by atoms with Crippen LogP contribution in [0.1, 0.15) is 0 Å². The molecule has 0 aliphatic rings. The molecule has 0 bridgehead atoms. The Balaban J connectivity index is -0.0000000331. The first kappa shape index (κ1) is 37.5. The summed E-state index contributed by atoms with van der Waals surface area (Å²) in [6.07, 6.45) is 0. The zero-order chi connectivity index (χ0) is 17.9. The minimum absolute atomic E-state index is 0. The Morgan fingerprint density at radius 2 is 0.571 bits per heavy atom. The van der Waals surface area contributed by atoms with Crippen LogP contribution in [0.25, 0.3) is 0 Å². The Morgan fingerprint density at radius 3 is 0.571 bits per heavy atom. The topological polar surface area (TPSA) is 306 Å². The molecule has 0 aromatic carbocycles. The standard InChI is InChI=1S/4BH3O3.Ca.HNO3.2H/c4*2-1(3)4;;2-1(3)4;;/h4*2-4H;;(H,2,3,4);;. The van der Waals surface area contributed by atoms with Crippen molar-refractivity contribution >= 4 is 67.0 Å². The van der Waals surface area contributed by atoms with Crippen LogP contribution in [-0.4, -0.2) is 138 Å². The van der Waals surface area contributed by atoms with E-state index in [2.05, 4.69) is 0 Å². The number of nitrogens with zero attached hydrogens (tertiary/aromatic N) is 1. The second-order valence-electron chi connectivity index (χ2n) is 1.62. The van der Waals surface area contributed by atoms with Crippen LogP contribution < -0.4 is 0 Å². The predicted molar refractivity (Wildman–Crippen MR) is 67.0 cm³/mol. The van der Waals surface area contributed by atoms with E-state index in [9.17, 15) is 0 Å². The van der Waals surface area contributed by atoms with Gasteiger partial charge in [-0.25, -0.2) is 0 Å². The van der Waals surface area contributed by atoms with Crippen LogP contribution in [0.3, 0.4) is 0 Å². The molecule has 16 nitrogen and oxygen atoms in total. The monoisotopic (exact) mass is 353 g/mol. The molecule has 0 amide bonds. The first-order chi connectivity index (χ1) is 8.66. The first-order valence-electron chi connectivity index (χ1n) is 3.66. The van der Waals surface area contributed by atoms with E-state index in [1.165, 1.54) is 0 Å². The van der Waals surface area contributed by atoms with Gasteiger partial charge in [-0.3, -0.25) is 0 Å². The molecule has 21 heteroatoms. The summed E-state index contributed by atoms with van der Waals surface area (Å²) in [6.45, 7) is 0. The summed E-state index contributed by atoms with van der Waals surface area (Å²) in [6, 6.07) is 0. The van der Waals surface area contributed by atoms with E-state index in [0.717, 1.165) is 0 Å². The molecule has 0 rings (SSSR count). The van der Waals surface area contributed by atoms with Crippen molar-refractivity contribution in [2.75, 3.05) is 0 Å². The number of rotatable bonds is 0. The molecule has 0 unspecified atom stereocenters. The van der Waals surface area contributed by atoms with Crippen LogP contribution in [0.4, 0.5) is 0 Å². The van der Waals surface area contributed by atoms with Gasteiger partial charge in [-0.1, -0.05) is 0 Å². The van der Waals surface area contributed by atoms with E-state index in [0.29, 0.717) is 0 Å². The fourth-order valence-electron chi connectivity index (χ4n) is 0. The molecule has 0 atom stereocenters. The first-order valence-corrected chi connectivity index (χ1v) is 3.66. The van der Waals surface area contributed by atoms with Crippen molar-refractivity contribution in [1.29, 1.82) is 0 Å². The summed E-state index contributed by atoms with van der Waals surface area (Å²) in [7, 11) is -8.67. The van der Waals surface area contributed by atoms with Crippen LogP contribution in [0.2, 0.25) is 0 Å². The Kier molecular flexibility index (Phi) is 57.5. The van der Waals surface area contributed by atoms with Gasteiger partial charge in [0.05, 0.1) is 0 Å². The van der Waals surface area contributed by atoms with Gasteiger partial charge in [-0.2, -0.15) is 0 Å². The normalized spacial score (nSPS) is 6.29. The summed E-state index contributed by atoms with van der Waals surface area (Å²) >= 11 is 0. The van der Waals surface area contributed by atoms with Crippen molar-refractivity contribution in [3.63, 3.8) is 0 Å². The van der Waals surface area contributed by atoms with Gasteiger partial charge < -0.3 is 65.5 Å². The summed E-state index contributed by atoms with van der Waals surface area (Å²) in [5.74, 6) is 0. The molecule has 0 radical (unpaired) electrons. The maximum atomic E-state index is 8.36. The molecule has 0 saturated carbocycles. The zero-order valence-corrected chi connectivity index (χ0v) is 9.39. The van der Waals surface area contributed by atoms with Gasteiger partial charge in [0.15, 0.2) is 0 Å². The van der Waals surface area contributed by atoms with Crippen molar-refractivity contribution in [2.24, 2.45) is 0 Å². The molecular weight excluding hydrogens is 337 g/mol.